The summed E-state index contributed by atoms with van der Waals surface area (Å²) in [6, 6.07) is 51.9. The molecule has 11 nitrogen and oxygen atoms in total. The molecular weight excluding hydrogens is 1310 g/mol. The van der Waals surface area contributed by atoms with E-state index in [0.717, 1.165) is 137 Å². The lowest BCUT2D eigenvalue weighted by molar-refractivity contribution is -0.277. The highest BCUT2D eigenvalue weighted by Gasteiger charge is 2.56. The zero-order chi connectivity index (χ0) is 71.7. The van der Waals surface area contributed by atoms with Crippen LogP contribution < -0.4 is 0 Å². The first-order valence-electron chi connectivity index (χ1n) is 40.8. The van der Waals surface area contributed by atoms with Gasteiger partial charge in [0.1, 0.15) is 36.6 Å². The van der Waals surface area contributed by atoms with Crippen LogP contribution in [-0.2, 0) is 74.9 Å². The van der Waals surface area contributed by atoms with Gasteiger partial charge in [0.2, 0.25) is 0 Å². The largest absolute Gasteiger partial charge is 0.379 e. The highest BCUT2D eigenvalue weighted by atomic mass is 32.2. The molecule has 5 aromatic carbocycles. The van der Waals surface area contributed by atoms with E-state index < -0.39 is 44.2 Å². The third-order valence-corrected chi connectivity index (χ3v) is 21.8. The molecule has 1 fully saturated rings. The van der Waals surface area contributed by atoms with Crippen molar-refractivity contribution in [2.24, 2.45) is 0 Å². The van der Waals surface area contributed by atoms with E-state index in [1.165, 1.54) is 141 Å². The quantitative estimate of drug-likeness (QED) is 0.0166. The molecule has 0 saturated heterocycles. The van der Waals surface area contributed by atoms with Gasteiger partial charge < -0.3 is 47.1 Å². The molecule has 0 radical (unpaired) electrons. The Kier molecular flexibility index (Phi) is 49.6. The summed E-state index contributed by atoms with van der Waals surface area (Å²) in [6.45, 7) is 8.23. The van der Waals surface area contributed by atoms with Crippen LogP contribution in [0, 0.1) is 0 Å². The Morgan fingerprint density at radius 2 is 0.657 bits per heavy atom. The Bertz CT molecular complexity index is 2660. The van der Waals surface area contributed by atoms with E-state index in [9.17, 15) is 14.4 Å². The zero-order valence-electron chi connectivity index (χ0n) is 63.4. The number of hydrogen-bond acceptors (Lipinski definition) is 10. The van der Waals surface area contributed by atoms with Gasteiger partial charge in [0.05, 0.1) is 45.7 Å². The summed E-state index contributed by atoms with van der Waals surface area (Å²) in [4.78, 5) is 18.4. The van der Waals surface area contributed by atoms with Crippen molar-refractivity contribution in [3.63, 3.8) is 0 Å². The Balaban J connectivity index is 1.26. The molecule has 4 unspecified atom stereocenters. The molecule has 8 atom stereocenters. The SMILES string of the molecule is CCCCCCCCCCCCCCOCC(CC(CCCCCC/C=C\CCCCCCCCP(=O)(O)O)SOC1[C@@H](OCc2ccccc2)[C@H](OCc2ccccc2)C(OCc2ccccc2)[C@H](OCc2ccccc2)[C@@H]1OCc1ccccc1)OCCCCCCCCCCCCCC. The normalized spacial score (nSPS) is 17.8. The fraction of sp³-hybridized carbons (Fsp3) is 0.640. The van der Waals surface area contributed by atoms with Gasteiger partial charge >= 0.3 is 7.60 Å². The molecule has 0 heterocycles. The van der Waals surface area contributed by atoms with Crippen molar-refractivity contribution in [2.45, 2.75) is 339 Å². The number of benzene rings is 5. The van der Waals surface area contributed by atoms with Crippen LogP contribution in [0.15, 0.2) is 164 Å². The van der Waals surface area contributed by atoms with Crippen LogP contribution in [0.3, 0.4) is 0 Å². The van der Waals surface area contributed by atoms with Gasteiger partial charge in [-0.25, -0.2) is 0 Å². The molecule has 0 amide bonds. The summed E-state index contributed by atoms with van der Waals surface area (Å²) in [5, 5.41) is 0.0576. The van der Waals surface area contributed by atoms with Crippen LogP contribution >= 0.6 is 19.6 Å². The highest BCUT2D eigenvalue weighted by Crippen LogP contribution is 2.40. The van der Waals surface area contributed by atoms with E-state index >= 15 is 0 Å². The van der Waals surface area contributed by atoms with Gasteiger partial charge in [-0.2, -0.15) is 0 Å². The molecular formula is C89H137O11PS. The fourth-order valence-electron chi connectivity index (χ4n) is 13.8. The van der Waals surface area contributed by atoms with Crippen LogP contribution in [0.4, 0.5) is 0 Å². The highest BCUT2D eigenvalue weighted by molar-refractivity contribution is 7.95. The minimum absolute atomic E-state index is 0.000809. The first kappa shape index (κ1) is 86.9. The average Bonchev–Trinajstić information content (AvgIpc) is 0.764. The topological polar surface area (TPSA) is 131 Å². The van der Waals surface area contributed by atoms with E-state index in [2.05, 4.69) is 147 Å². The molecule has 570 valence electrons. The first-order chi connectivity index (χ1) is 50.3. The Morgan fingerprint density at radius 3 is 1.00 bits per heavy atom. The number of hydrogen-bond donors (Lipinski definition) is 2. The van der Waals surface area contributed by atoms with E-state index in [0.29, 0.717) is 46.1 Å². The van der Waals surface area contributed by atoms with Gasteiger partial charge in [0, 0.05) is 24.6 Å². The second-order valence-electron chi connectivity index (χ2n) is 28.9. The maximum Gasteiger partial charge on any atom is 0.325 e. The van der Waals surface area contributed by atoms with Gasteiger partial charge in [0.25, 0.3) is 0 Å². The molecule has 1 aliphatic rings. The van der Waals surface area contributed by atoms with E-state index in [1.807, 2.05) is 30.3 Å². The first-order valence-corrected chi connectivity index (χ1v) is 43.4. The molecule has 13 heteroatoms. The standard InChI is InChI=1S/C89H137O11PS/c1-3-5-7-9-11-13-15-22-26-30-34-53-67-93-76-82(94-68-54-35-31-27-23-16-14-12-10-8-6-4-2)70-83(66-52-33-29-25-21-19-17-18-20-24-28-32-36-55-69-101(90,91)92)102-100-89-87(98-74-80-62-48-40-49-63-80)85(96-72-78-58-44-38-45-59-78)84(95-71-77-56-42-37-43-57-77)86(97-73-79-60-46-39-47-61-79)88(89)99-75-81-64-50-41-51-65-81/h17,19,37-51,56-65,82-89H,3-16,18,20-36,52-55,66-76H2,1-2H3,(H2,90,91,92)/b19-17-/t82?,83?,84?,85-,86+,87-,88-,89?/m0/s1. The Hall–Kier alpha value is -3.98. The van der Waals surface area contributed by atoms with Crippen molar-refractivity contribution in [1.82, 2.24) is 0 Å². The van der Waals surface area contributed by atoms with Gasteiger partial charge in [-0.1, -0.05) is 364 Å². The van der Waals surface area contributed by atoms with Gasteiger partial charge in [-0.3, -0.25) is 4.57 Å². The summed E-state index contributed by atoms with van der Waals surface area (Å²) in [7, 11) is -3.89. The monoisotopic (exact) mass is 1440 g/mol. The van der Waals surface area contributed by atoms with Crippen molar-refractivity contribution in [1.29, 1.82) is 0 Å². The molecule has 0 aromatic heterocycles. The summed E-state index contributed by atoms with van der Waals surface area (Å²) < 4.78 is 69.4. The average molecular weight is 1450 g/mol. The summed E-state index contributed by atoms with van der Waals surface area (Å²) >= 11 is 1.57. The number of ether oxygens (including phenoxy) is 7. The molecule has 102 heavy (non-hydrogen) atoms. The van der Waals surface area contributed by atoms with Crippen molar-refractivity contribution < 1.29 is 51.7 Å². The molecule has 1 saturated carbocycles. The maximum atomic E-state index is 11.2. The van der Waals surface area contributed by atoms with Gasteiger partial charge in [0.15, 0.2) is 0 Å². The van der Waals surface area contributed by atoms with E-state index in [-0.39, 0.29) is 17.5 Å². The predicted molar refractivity (Wildman–Crippen MR) is 425 cm³/mol. The van der Waals surface area contributed by atoms with Crippen molar-refractivity contribution in [3.8, 4) is 0 Å². The molecule has 6 rings (SSSR count). The summed E-state index contributed by atoms with van der Waals surface area (Å²) in [5.41, 5.74) is 5.23. The van der Waals surface area contributed by atoms with Gasteiger partial charge in [-0.05, 0) is 97.6 Å². The molecule has 0 spiro atoms. The second kappa shape index (κ2) is 58.2. The van der Waals surface area contributed by atoms with Crippen LogP contribution in [0.2, 0.25) is 0 Å². The Morgan fingerprint density at radius 1 is 0.363 bits per heavy atom. The minimum Gasteiger partial charge on any atom is -0.379 e. The number of unbranched alkanes of at least 4 members (excludes halogenated alkanes) is 32. The van der Waals surface area contributed by atoms with Crippen LogP contribution in [0.1, 0.15) is 286 Å². The second-order valence-corrected chi connectivity index (χ2v) is 31.8. The maximum absolute atomic E-state index is 11.2. The lowest BCUT2D eigenvalue weighted by Crippen LogP contribution is -2.67. The lowest BCUT2D eigenvalue weighted by Gasteiger charge is -2.49. The summed E-state index contributed by atoms with van der Waals surface area (Å²) in [6.07, 6.45) is 46.3. The van der Waals surface area contributed by atoms with Crippen LogP contribution in [0.5, 0.6) is 0 Å². The fourth-order valence-corrected chi connectivity index (χ4v) is 15.5. The van der Waals surface area contributed by atoms with Crippen molar-refractivity contribution in [3.05, 3.63) is 192 Å². The molecule has 0 bridgehead atoms. The van der Waals surface area contributed by atoms with Gasteiger partial charge in [-0.15, -0.1) is 0 Å². The van der Waals surface area contributed by atoms with Crippen molar-refractivity contribution in [2.75, 3.05) is 26.0 Å². The van der Waals surface area contributed by atoms with E-state index in [1.54, 1.807) is 12.0 Å². The smallest absolute Gasteiger partial charge is 0.325 e. The minimum atomic E-state index is -3.89. The molecule has 0 aliphatic heterocycles. The number of rotatable bonds is 65. The predicted octanol–water partition coefficient (Wildman–Crippen LogP) is 24.3. The van der Waals surface area contributed by atoms with E-state index in [4.69, 9.17) is 37.3 Å². The van der Waals surface area contributed by atoms with Crippen molar-refractivity contribution >= 4 is 19.6 Å². The summed E-state index contributed by atoms with van der Waals surface area (Å²) in [5.74, 6) is 0. The zero-order valence-corrected chi connectivity index (χ0v) is 65.1. The molecule has 2 N–H and O–H groups in total. The van der Waals surface area contributed by atoms with Crippen LogP contribution in [0.25, 0.3) is 0 Å². The molecule has 1 aliphatic carbocycles. The molecule has 5 aromatic rings. The third-order valence-electron chi connectivity index (χ3n) is 19.9. The van der Waals surface area contributed by atoms with Crippen LogP contribution in [-0.4, -0.2) is 83.7 Å². The lowest BCUT2D eigenvalue weighted by atomic mass is 9.83. The third kappa shape index (κ3) is 41.2. The Labute approximate surface area is 624 Å². The number of allylic oxidation sites excluding steroid dienone is 2.